The zero-order valence-electron chi connectivity index (χ0n) is 19.8. The average molecular weight is 491 g/mol. The van der Waals surface area contributed by atoms with Crippen molar-refractivity contribution in [2.45, 2.75) is 37.1 Å². The van der Waals surface area contributed by atoms with E-state index in [4.69, 9.17) is 9.47 Å². The van der Waals surface area contributed by atoms with Crippen LogP contribution in [0.5, 0.6) is 0 Å². The van der Waals surface area contributed by atoms with Crippen LogP contribution in [0.1, 0.15) is 24.2 Å². The van der Waals surface area contributed by atoms with E-state index in [0.717, 1.165) is 22.0 Å². The highest BCUT2D eigenvalue weighted by Crippen LogP contribution is 2.48. The number of para-hydroxylation sites is 1. The third-order valence-corrected chi connectivity index (χ3v) is 6.85. The number of methoxy groups -OCH3 is 1. The summed E-state index contributed by atoms with van der Waals surface area (Å²) >= 11 is 0. The van der Waals surface area contributed by atoms with Crippen molar-refractivity contribution < 1.29 is 28.7 Å². The number of hydrogen-bond acceptors (Lipinski definition) is 6. The molecule has 3 heterocycles. The first-order valence-electron chi connectivity index (χ1n) is 11.6. The first-order chi connectivity index (χ1) is 17.3. The zero-order chi connectivity index (χ0) is 25.4. The molecule has 4 amide bonds. The number of ether oxygens (including phenoxy) is 2. The second kappa shape index (κ2) is 9.12. The van der Waals surface area contributed by atoms with Gasteiger partial charge in [-0.3, -0.25) is 14.9 Å². The number of hydrogen-bond donors (Lipinski definition) is 3. The second-order valence-electron chi connectivity index (χ2n) is 9.10. The molecule has 1 unspecified atom stereocenters. The van der Waals surface area contributed by atoms with Gasteiger partial charge in [-0.05, 0) is 24.1 Å². The molecule has 10 heteroatoms. The number of fused-ring (bicyclic) bond motifs is 2. The number of nitrogens with one attached hydrogen (secondary N) is 3. The summed E-state index contributed by atoms with van der Waals surface area (Å²) < 4.78 is 10.8. The number of esters is 1. The second-order valence-corrected chi connectivity index (χ2v) is 9.10. The predicted molar refractivity (Wildman–Crippen MR) is 129 cm³/mol. The van der Waals surface area contributed by atoms with Gasteiger partial charge >= 0.3 is 12.0 Å². The fourth-order valence-electron chi connectivity index (χ4n) is 5.00. The number of carbonyl (C=O) groups excluding carboxylic acids is 4. The van der Waals surface area contributed by atoms with Gasteiger partial charge in [0.25, 0.3) is 5.91 Å². The van der Waals surface area contributed by atoms with E-state index in [-0.39, 0.29) is 13.0 Å². The van der Waals surface area contributed by atoms with Gasteiger partial charge in [0.1, 0.15) is 24.7 Å². The topological polar surface area (TPSA) is 130 Å². The van der Waals surface area contributed by atoms with Crippen molar-refractivity contribution in [3.8, 4) is 0 Å². The van der Waals surface area contributed by atoms with Crippen LogP contribution >= 0.6 is 0 Å². The van der Waals surface area contributed by atoms with Gasteiger partial charge in [0.05, 0.1) is 7.11 Å². The first-order valence-corrected chi connectivity index (χ1v) is 11.6. The van der Waals surface area contributed by atoms with Crippen molar-refractivity contribution in [3.63, 3.8) is 0 Å². The summed E-state index contributed by atoms with van der Waals surface area (Å²) in [5, 5.41) is 5.90. The predicted octanol–water partition coefficient (Wildman–Crippen LogP) is 1.82. The molecule has 0 saturated carbocycles. The monoisotopic (exact) mass is 490 g/mol. The maximum Gasteiger partial charge on any atom is 0.328 e. The van der Waals surface area contributed by atoms with E-state index >= 15 is 0 Å². The van der Waals surface area contributed by atoms with Gasteiger partial charge in [0.2, 0.25) is 5.91 Å². The Morgan fingerprint density at radius 1 is 1.14 bits per heavy atom. The highest BCUT2D eigenvalue weighted by atomic mass is 16.6. The molecule has 2 aliphatic rings. The van der Waals surface area contributed by atoms with Crippen molar-refractivity contribution in [2.24, 2.45) is 0 Å². The van der Waals surface area contributed by atoms with Gasteiger partial charge < -0.3 is 24.7 Å². The molecule has 3 N–H and O–H groups in total. The number of carbonyl (C=O) groups is 4. The third-order valence-electron chi connectivity index (χ3n) is 6.85. The van der Waals surface area contributed by atoms with Crippen molar-refractivity contribution >= 4 is 34.7 Å². The quantitative estimate of drug-likeness (QED) is 0.433. The number of aromatic nitrogens is 1. The maximum atomic E-state index is 13.1. The van der Waals surface area contributed by atoms with Crippen LogP contribution in [0.15, 0.2) is 60.8 Å². The highest BCUT2D eigenvalue weighted by Gasteiger charge is 2.64. The number of benzene rings is 2. The Labute approximate surface area is 206 Å². The van der Waals surface area contributed by atoms with Crippen molar-refractivity contribution in [3.05, 3.63) is 71.9 Å². The lowest BCUT2D eigenvalue weighted by Crippen LogP contribution is -2.78. The van der Waals surface area contributed by atoms with Crippen LogP contribution in [0.25, 0.3) is 10.9 Å². The van der Waals surface area contributed by atoms with E-state index < -0.39 is 47.6 Å². The summed E-state index contributed by atoms with van der Waals surface area (Å²) in [5.74, 6) is -1.71. The van der Waals surface area contributed by atoms with Crippen molar-refractivity contribution in [1.82, 2.24) is 20.5 Å². The van der Waals surface area contributed by atoms with E-state index in [2.05, 4.69) is 15.6 Å². The molecule has 0 bridgehead atoms. The Balaban J connectivity index is 1.35. The summed E-state index contributed by atoms with van der Waals surface area (Å²) in [6.45, 7) is 1.23. The van der Waals surface area contributed by atoms with E-state index in [1.165, 1.54) is 12.0 Å². The molecule has 5 rings (SSSR count). The lowest BCUT2D eigenvalue weighted by atomic mass is 9.78. The molecule has 10 nitrogen and oxygen atoms in total. The maximum absolute atomic E-state index is 13.1. The number of nitrogens with zero attached hydrogens (tertiary/aromatic N) is 1. The number of amides is 4. The van der Waals surface area contributed by atoms with E-state index in [1.807, 2.05) is 54.6 Å². The summed E-state index contributed by atoms with van der Waals surface area (Å²) in [4.78, 5) is 55.4. The summed E-state index contributed by atoms with van der Waals surface area (Å²) in [6, 6.07) is 14.5. The molecule has 2 aliphatic heterocycles. The Morgan fingerprint density at radius 3 is 2.61 bits per heavy atom. The Hall–Kier alpha value is -4.18. The van der Waals surface area contributed by atoms with Crippen LogP contribution in [-0.4, -0.2) is 65.0 Å². The molecule has 1 aromatic heterocycles. The van der Waals surface area contributed by atoms with Crippen molar-refractivity contribution in [1.29, 1.82) is 0 Å². The molecule has 186 valence electrons. The third kappa shape index (κ3) is 3.99. The SMILES string of the molecule is COC(=O)[C@H](Cc1c[nH]c2ccccc12)NC(=O)CN1C(=O)NC(=O)[C@]2(C)OC(c3ccccc3)[C@H]12. The van der Waals surface area contributed by atoms with Gasteiger partial charge in [-0.25, -0.2) is 9.59 Å². The minimum Gasteiger partial charge on any atom is -0.467 e. The zero-order valence-corrected chi connectivity index (χ0v) is 19.8. The smallest absolute Gasteiger partial charge is 0.328 e. The molecule has 0 aliphatic carbocycles. The lowest BCUT2D eigenvalue weighted by molar-refractivity contribution is -0.250. The summed E-state index contributed by atoms with van der Waals surface area (Å²) in [5.41, 5.74) is 1.25. The van der Waals surface area contributed by atoms with E-state index in [0.29, 0.717) is 0 Å². The molecule has 3 aromatic rings. The van der Waals surface area contributed by atoms with Crippen LogP contribution in [0.4, 0.5) is 4.79 Å². The van der Waals surface area contributed by atoms with Crippen LogP contribution < -0.4 is 10.6 Å². The largest absolute Gasteiger partial charge is 0.467 e. The molecule has 2 aromatic carbocycles. The van der Waals surface area contributed by atoms with E-state index in [9.17, 15) is 19.2 Å². The molecule has 0 radical (unpaired) electrons. The first kappa shape index (κ1) is 23.6. The van der Waals surface area contributed by atoms with Crippen LogP contribution in [0.2, 0.25) is 0 Å². The minimum atomic E-state index is -1.29. The molecular weight excluding hydrogens is 464 g/mol. The van der Waals surface area contributed by atoms with E-state index in [1.54, 1.807) is 13.1 Å². The molecular formula is C26H26N4O6. The van der Waals surface area contributed by atoms with Gasteiger partial charge in [-0.15, -0.1) is 0 Å². The highest BCUT2D eigenvalue weighted by molar-refractivity contribution is 6.04. The van der Waals surface area contributed by atoms with Crippen LogP contribution in [0.3, 0.4) is 0 Å². The van der Waals surface area contributed by atoms with Crippen LogP contribution in [-0.2, 0) is 30.3 Å². The van der Waals surface area contributed by atoms with Gasteiger partial charge in [0, 0.05) is 23.5 Å². The number of imide groups is 1. The van der Waals surface area contributed by atoms with Gasteiger partial charge in [0.15, 0.2) is 5.60 Å². The Bertz CT molecular complexity index is 1340. The number of urea groups is 1. The standard InChI is InChI=1S/C26H26N4O6/c1-26-22(21(36-26)15-8-4-3-5-9-15)30(25(34)29-24(26)33)14-20(31)28-19(23(32)35-2)12-16-13-27-18-11-7-6-10-17(16)18/h3-11,13,19,21-22,27H,12,14H2,1-2H3,(H,28,31)(H,29,33,34)/t19-,21?,22-,26+/m0/s1. The molecule has 0 spiro atoms. The van der Waals surface area contributed by atoms with Gasteiger partial charge in [-0.1, -0.05) is 48.5 Å². The Morgan fingerprint density at radius 2 is 1.86 bits per heavy atom. The molecule has 2 fully saturated rings. The van der Waals surface area contributed by atoms with Gasteiger partial charge in [-0.2, -0.15) is 0 Å². The summed E-state index contributed by atoms with van der Waals surface area (Å²) in [6.07, 6.45) is 1.42. The Kier molecular flexibility index (Phi) is 5.97. The average Bonchev–Trinajstić information content (AvgIpc) is 3.28. The number of rotatable bonds is 7. The minimum absolute atomic E-state index is 0.198. The fraction of sp³-hybridized carbons (Fsp3) is 0.308. The van der Waals surface area contributed by atoms with Crippen LogP contribution in [0, 0.1) is 0 Å². The molecule has 2 saturated heterocycles. The molecule has 4 atom stereocenters. The van der Waals surface area contributed by atoms with Crippen molar-refractivity contribution in [2.75, 3.05) is 13.7 Å². The molecule has 36 heavy (non-hydrogen) atoms. The fourth-order valence-corrected chi connectivity index (χ4v) is 5.00. The number of aromatic amines is 1. The normalized spacial score (nSPS) is 23.9. The number of H-pyrrole nitrogens is 1. The lowest BCUT2D eigenvalue weighted by Gasteiger charge is -2.57. The summed E-state index contributed by atoms with van der Waals surface area (Å²) in [7, 11) is 1.25.